The highest BCUT2D eigenvalue weighted by atomic mass is 32.2. The van der Waals surface area contributed by atoms with Crippen LogP contribution >= 0.6 is 0 Å². The van der Waals surface area contributed by atoms with Gasteiger partial charge in [-0.05, 0) is 0 Å². The number of hydrogen-bond acceptors (Lipinski definition) is 3. The zero-order valence-electron chi connectivity index (χ0n) is 8.28. The molecule has 0 fully saturated rings. The molecule has 0 aliphatic heterocycles. The van der Waals surface area contributed by atoms with Crippen molar-refractivity contribution in [3.63, 3.8) is 0 Å². The Bertz CT molecular complexity index is 399. The van der Waals surface area contributed by atoms with Crippen molar-refractivity contribution in [1.82, 2.24) is 4.57 Å². The summed E-state index contributed by atoms with van der Waals surface area (Å²) in [5, 5.41) is 8.67. The SMILES string of the molecule is O=S(=O)(O)CCC[n+]1ccn(CCO)c1. The Morgan fingerprint density at radius 1 is 1.40 bits per heavy atom. The first-order chi connectivity index (χ1) is 7.01. The number of aliphatic hydroxyl groups is 1. The maximum atomic E-state index is 10.4. The molecule has 2 N–H and O–H groups in total. The summed E-state index contributed by atoms with van der Waals surface area (Å²) in [5.41, 5.74) is 0. The highest BCUT2D eigenvalue weighted by Gasteiger charge is 2.07. The normalized spacial score (nSPS) is 11.9. The third kappa shape index (κ3) is 4.91. The van der Waals surface area contributed by atoms with Crippen molar-refractivity contribution in [3.8, 4) is 0 Å². The summed E-state index contributed by atoms with van der Waals surface area (Å²) in [7, 11) is -3.86. The molecule has 0 bridgehead atoms. The number of aryl methyl sites for hydroxylation is 1. The summed E-state index contributed by atoms with van der Waals surface area (Å²) < 4.78 is 33.0. The van der Waals surface area contributed by atoms with Crippen molar-refractivity contribution in [2.45, 2.75) is 19.5 Å². The van der Waals surface area contributed by atoms with E-state index in [2.05, 4.69) is 0 Å². The van der Waals surface area contributed by atoms with E-state index in [4.69, 9.17) is 9.66 Å². The van der Waals surface area contributed by atoms with Crippen LogP contribution < -0.4 is 4.57 Å². The molecule has 0 aromatic carbocycles. The lowest BCUT2D eigenvalue weighted by Crippen LogP contribution is -2.32. The molecule has 7 heteroatoms. The molecule has 0 saturated heterocycles. The van der Waals surface area contributed by atoms with E-state index in [1.807, 2.05) is 0 Å². The van der Waals surface area contributed by atoms with Crippen LogP contribution in [0.3, 0.4) is 0 Å². The second-order valence-corrected chi connectivity index (χ2v) is 4.82. The van der Waals surface area contributed by atoms with Crippen molar-refractivity contribution < 1.29 is 22.6 Å². The Kier molecular flexibility index (Phi) is 4.25. The third-order valence-corrected chi connectivity index (χ3v) is 2.73. The van der Waals surface area contributed by atoms with Gasteiger partial charge in [-0.15, -0.1) is 0 Å². The van der Waals surface area contributed by atoms with Crippen LogP contribution in [0.2, 0.25) is 0 Å². The fourth-order valence-electron chi connectivity index (χ4n) is 1.25. The van der Waals surface area contributed by atoms with Crippen LogP contribution in [0.25, 0.3) is 0 Å². The fourth-order valence-corrected chi connectivity index (χ4v) is 1.74. The van der Waals surface area contributed by atoms with Gasteiger partial charge >= 0.3 is 0 Å². The van der Waals surface area contributed by atoms with Gasteiger partial charge in [0, 0.05) is 6.42 Å². The van der Waals surface area contributed by atoms with Crippen LogP contribution in [0, 0.1) is 0 Å². The van der Waals surface area contributed by atoms with Gasteiger partial charge in [-0.2, -0.15) is 8.42 Å². The van der Waals surface area contributed by atoms with E-state index in [1.165, 1.54) is 0 Å². The number of hydrogen-bond donors (Lipinski definition) is 2. The van der Waals surface area contributed by atoms with Crippen LogP contribution in [0.15, 0.2) is 18.7 Å². The van der Waals surface area contributed by atoms with Crippen molar-refractivity contribution in [1.29, 1.82) is 0 Å². The smallest absolute Gasteiger partial charge is 0.265 e. The lowest BCUT2D eigenvalue weighted by atomic mass is 10.5. The number of aliphatic hydroxyl groups excluding tert-OH is 1. The summed E-state index contributed by atoms with van der Waals surface area (Å²) in [6.07, 6.45) is 5.73. The van der Waals surface area contributed by atoms with E-state index in [1.54, 1.807) is 27.9 Å². The molecule has 0 spiro atoms. The maximum absolute atomic E-state index is 10.4. The van der Waals surface area contributed by atoms with E-state index >= 15 is 0 Å². The number of rotatable bonds is 6. The van der Waals surface area contributed by atoms with Gasteiger partial charge in [-0.1, -0.05) is 0 Å². The van der Waals surface area contributed by atoms with Crippen molar-refractivity contribution in [2.75, 3.05) is 12.4 Å². The Labute approximate surface area is 88.5 Å². The molecule has 0 unspecified atom stereocenters. The molecular formula is C8H15N2O4S+. The second-order valence-electron chi connectivity index (χ2n) is 3.25. The van der Waals surface area contributed by atoms with E-state index in [9.17, 15) is 8.42 Å². The van der Waals surface area contributed by atoms with E-state index in [0.717, 1.165) is 0 Å². The van der Waals surface area contributed by atoms with Crippen LogP contribution in [-0.4, -0.2) is 35.0 Å². The minimum atomic E-state index is -3.86. The monoisotopic (exact) mass is 235 g/mol. The van der Waals surface area contributed by atoms with Gasteiger partial charge in [0.15, 0.2) is 0 Å². The quantitative estimate of drug-likeness (QED) is 0.491. The lowest BCUT2D eigenvalue weighted by Gasteiger charge is -1.95. The summed E-state index contributed by atoms with van der Waals surface area (Å²) in [6, 6.07) is 0. The first-order valence-corrected chi connectivity index (χ1v) is 6.23. The molecule has 0 saturated carbocycles. The van der Waals surface area contributed by atoms with E-state index < -0.39 is 10.1 Å². The topological polar surface area (TPSA) is 83.4 Å². The van der Waals surface area contributed by atoms with Gasteiger partial charge in [0.25, 0.3) is 10.1 Å². The Hall–Kier alpha value is -0.920. The molecule has 1 aromatic heterocycles. The van der Waals surface area contributed by atoms with E-state index in [-0.39, 0.29) is 12.4 Å². The summed E-state index contributed by atoms with van der Waals surface area (Å²) in [4.78, 5) is 0. The summed E-state index contributed by atoms with van der Waals surface area (Å²) >= 11 is 0. The minimum absolute atomic E-state index is 0.0691. The van der Waals surface area contributed by atoms with Gasteiger partial charge < -0.3 is 5.11 Å². The van der Waals surface area contributed by atoms with Crippen molar-refractivity contribution >= 4 is 10.1 Å². The summed E-state index contributed by atoms with van der Waals surface area (Å²) in [6.45, 7) is 1.11. The minimum Gasteiger partial charge on any atom is -0.392 e. The predicted octanol–water partition coefficient (Wildman–Crippen LogP) is -0.954. The van der Waals surface area contributed by atoms with Crippen LogP contribution in [-0.2, 0) is 23.2 Å². The molecule has 0 radical (unpaired) electrons. The van der Waals surface area contributed by atoms with Crippen LogP contribution in [0.5, 0.6) is 0 Å². The van der Waals surface area contributed by atoms with Gasteiger partial charge in [0.1, 0.15) is 18.9 Å². The van der Waals surface area contributed by atoms with Crippen LogP contribution in [0.4, 0.5) is 0 Å². The maximum Gasteiger partial charge on any atom is 0.265 e. The second kappa shape index (κ2) is 5.24. The Balaban J connectivity index is 2.38. The number of imidazole rings is 1. The van der Waals surface area contributed by atoms with Crippen LogP contribution in [0.1, 0.15) is 6.42 Å². The fraction of sp³-hybridized carbons (Fsp3) is 0.625. The van der Waals surface area contributed by atoms with Crippen molar-refractivity contribution in [2.24, 2.45) is 0 Å². The molecule has 1 aromatic rings. The Morgan fingerprint density at radius 3 is 2.73 bits per heavy atom. The standard InChI is InChI=1S/C8H14N2O4S/c11-6-5-10-4-3-9(8-10)2-1-7-15(12,13)14/h3-4,8,11H,1-2,5-7H2/p+1. The average Bonchev–Trinajstić information content (AvgIpc) is 2.51. The predicted molar refractivity (Wildman–Crippen MR) is 52.7 cm³/mol. The van der Waals surface area contributed by atoms with Gasteiger partial charge in [0.2, 0.25) is 6.33 Å². The van der Waals surface area contributed by atoms with Gasteiger partial charge in [-0.3, -0.25) is 4.55 Å². The highest BCUT2D eigenvalue weighted by molar-refractivity contribution is 7.85. The number of aromatic nitrogens is 2. The number of nitrogens with zero attached hydrogens (tertiary/aromatic N) is 2. The first-order valence-electron chi connectivity index (χ1n) is 4.62. The average molecular weight is 235 g/mol. The first kappa shape index (κ1) is 12.2. The van der Waals surface area contributed by atoms with Gasteiger partial charge in [0.05, 0.1) is 18.9 Å². The summed E-state index contributed by atoms with van der Waals surface area (Å²) in [5.74, 6) is -0.231. The molecule has 1 heterocycles. The Morgan fingerprint density at radius 2 is 2.13 bits per heavy atom. The molecule has 0 amide bonds. The molecule has 0 aliphatic carbocycles. The molecule has 0 atom stereocenters. The van der Waals surface area contributed by atoms with E-state index in [0.29, 0.717) is 19.5 Å². The van der Waals surface area contributed by atoms with Crippen molar-refractivity contribution in [3.05, 3.63) is 18.7 Å². The molecule has 15 heavy (non-hydrogen) atoms. The zero-order chi connectivity index (χ0) is 11.3. The highest BCUT2D eigenvalue weighted by Crippen LogP contribution is 1.89. The van der Waals surface area contributed by atoms with Gasteiger partial charge in [-0.25, -0.2) is 9.13 Å². The largest absolute Gasteiger partial charge is 0.392 e. The lowest BCUT2D eigenvalue weighted by molar-refractivity contribution is -0.696. The molecule has 1 rings (SSSR count). The molecular weight excluding hydrogens is 220 g/mol. The molecule has 86 valence electrons. The molecule has 0 aliphatic rings. The third-order valence-electron chi connectivity index (χ3n) is 1.92. The molecule has 6 nitrogen and oxygen atoms in total. The zero-order valence-corrected chi connectivity index (χ0v) is 9.10.